The predicted molar refractivity (Wildman–Crippen MR) is 68.4 cm³/mol. The molecule has 1 aromatic heterocycles. The van der Waals surface area contributed by atoms with Gasteiger partial charge < -0.3 is 10.5 Å². The van der Waals surface area contributed by atoms with E-state index in [2.05, 4.69) is 9.97 Å². The van der Waals surface area contributed by atoms with Crippen molar-refractivity contribution in [1.29, 1.82) is 0 Å². The van der Waals surface area contributed by atoms with E-state index in [9.17, 15) is 17.1 Å². The maximum Gasteiger partial charge on any atom is 0.302 e. The van der Waals surface area contributed by atoms with Gasteiger partial charge in [-0.25, -0.2) is 0 Å². The third-order valence-corrected chi connectivity index (χ3v) is 3.67. The van der Waals surface area contributed by atoms with Crippen LogP contribution in [0.5, 0.6) is 5.88 Å². The van der Waals surface area contributed by atoms with Crippen molar-refractivity contribution in [3.05, 3.63) is 6.07 Å². The van der Waals surface area contributed by atoms with Crippen molar-refractivity contribution in [1.82, 2.24) is 9.97 Å². The Hall–Kier alpha value is -1.97. The van der Waals surface area contributed by atoms with Gasteiger partial charge in [0.25, 0.3) is 0 Å². The second kappa shape index (κ2) is 5.19. The number of halogens is 1. The molecular formula is C10H13FN4O4S. The molecular weight excluding hydrogens is 291 g/mol. The van der Waals surface area contributed by atoms with Gasteiger partial charge in [0.1, 0.15) is 5.82 Å². The lowest BCUT2D eigenvalue weighted by atomic mass is 10.1. The summed E-state index contributed by atoms with van der Waals surface area (Å²) < 4.78 is 38.8. The monoisotopic (exact) mass is 304 g/mol. The molecule has 0 aliphatic carbocycles. The lowest BCUT2D eigenvalue weighted by molar-refractivity contribution is -0.117. The number of carbonyl (C=O) groups is 1. The fourth-order valence-electron chi connectivity index (χ4n) is 2.02. The maximum absolute atomic E-state index is 12.7. The Labute approximate surface area is 115 Å². The molecule has 1 aliphatic heterocycles. The lowest BCUT2D eigenvalue weighted by Gasteiger charge is -2.15. The minimum absolute atomic E-state index is 0.0191. The van der Waals surface area contributed by atoms with Gasteiger partial charge in [-0.2, -0.15) is 18.4 Å². The first kappa shape index (κ1) is 14.4. The van der Waals surface area contributed by atoms with Crippen LogP contribution in [-0.2, 0) is 15.0 Å². The van der Waals surface area contributed by atoms with Crippen molar-refractivity contribution in [2.24, 2.45) is 5.92 Å². The summed E-state index contributed by atoms with van der Waals surface area (Å²) in [5.74, 6) is -1.40. The largest absolute Gasteiger partial charge is 0.481 e. The minimum atomic E-state index is -4.63. The van der Waals surface area contributed by atoms with Crippen molar-refractivity contribution in [2.75, 3.05) is 30.0 Å². The van der Waals surface area contributed by atoms with E-state index in [1.807, 2.05) is 0 Å². The number of methoxy groups -OCH3 is 1. The van der Waals surface area contributed by atoms with Crippen molar-refractivity contribution in [2.45, 2.75) is 6.42 Å². The summed E-state index contributed by atoms with van der Waals surface area (Å²) in [4.78, 5) is 20.9. The summed E-state index contributed by atoms with van der Waals surface area (Å²) in [5, 5.41) is 0. The molecule has 2 heterocycles. The van der Waals surface area contributed by atoms with Gasteiger partial charge in [-0.1, -0.05) is 0 Å². The summed E-state index contributed by atoms with van der Waals surface area (Å²) >= 11 is 0. The summed E-state index contributed by atoms with van der Waals surface area (Å²) in [6.45, 7) is 0.0224. The van der Waals surface area contributed by atoms with Gasteiger partial charge in [0.15, 0.2) is 0 Å². The van der Waals surface area contributed by atoms with E-state index < -0.39 is 21.9 Å². The molecule has 8 nitrogen and oxygen atoms in total. The number of rotatable bonds is 4. The van der Waals surface area contributed by atoms with E-state index in [1.165, 1.54) is 18.1 Å². The fraction of sp³-hybridized carbons (Fsp3) is 0.500. The SMILES string of the molecule is COc1cc(N)nc(N2CC(CS(=O)(=O)F)CC2=O)n1. The van der Waals surface area contributed by atoms with Crippen LogP contribution < -0.4 is 15.4 Å². The molecule has 0 spiro atoms. The highest BCUT2D eigenvalue weighted by molar-refractivity contribution is 7.86. The Bertz CT molecular complexity index is 636. The summed E-state index contributed by atoms with van der Waals surface area (Å²) in [6.07, 6.45) is -0.0797. The molecule has 0 aromatic carbocycles. The second-order valence-corrected chi connectivity index (χ2v) is 5.83. The number of anilines is 2. The zero-order valence-corrected chi connectivity index (χ0v) is 11.4. The quantitative estimate of drug-likeness (QED) is 0.760. The third kappa shape index (κ3) is 3.32. The average Bonchev–Trinajstić information content (AvgIpc) is 2.66. The zero-order chi connectivity index (χ0) is 14.9. The van der Waals surface area contributed by atoms with E-state index >= 15 is 0 Å². The number of carbonyl (C=O) groups excluding carboxylic acids is 1. The van der Waals surface area contributed by atoms with Crippen molar-refractivity contribution in [3.8, 4) is 5.88 Å². The molecule has 1 aliphatic rings. The van der Waals surface area contributed by atoms with Crippen LogP contribution >= 0.6 is 0 Å². The summed E-state index contributed by atoms with van der Waals surface area (Å²) in [6, 6.07) is 1.38. The topological polar surface area (TPSA) is 115 Å². The number of hydrogen-bond donors (Lipinski definition) is 1. The minimum Gasteiger partial charge on any atom is -0.481 e. The number of nitrogen functional groups attached to an aromatic ring is 1. The van der Waals surface area contributed by atoms with Crippen LogP contribution in [-0.4, -0.2) is 43.7 Å². The molecule has 20 heavy (non-hydrogen) atoms. The number of amides is 1. The molecule has 1 unspecified atom stereocenters. The number of hydrogen-bond acceptors (Lipinski definition) is 7. The molecule has 2 N–H and O–H groups in total. The van der Waals surface area contributed by atoms with Gasteiger partial charge >= 0.3 is 10.2 Å². The molecule has 1 saturated heterocycles. The van der Waals surface area contributed by atoms with E-state index in [0.717, 1.165) is 0 Å². The molecule has 0 bridgehead atoms. The molecule has 1 fully saturated rings. The van der Waals surface area contributed by atoms with Gasteiger partial charge in [0.2, 0.25) is 17.7 Å². The van der Waals surface area contributed by atoms with Gasteiger partial charge in [0, 0.05) is 24.9 Å². The van der Waals surface area contributed by atoms with Crippen molar-refractivity contribution >= 4 is 27.9 Å². The summed E-state index contributed by atoms with van der Waals surface area (Å²) in [5.41, 5.74) is 5.56. The molecule has 110 valence electrons. The van der Waals surface area contributed by atoms with Crippen molar-refractivity contribution < 1.29 is 21.8 Å². The Balaban J connectivity index is 2.21. The van der Waals surface area contributed by atoms with Crippen LogP contribution in [0, 0.1) is 5.92 Å². The van der Waals surface area contributed by atoms with Crippen LogP contribution in [0.4, 0.5) is 15.7 Å². The number of ether oxygens (including phenoxy) is 1. The molecule has 1 atom stereocenters. The molecule has 10 heteroatoms. The van der Waals surface area contributed by atoms with Crippen LogP contribution in [0.15, 0.2) is 6.07 Å². The molecule has 1 amide bonds. The molecule has 0 radical (unpaired) electrons. The number of aromatic nitrogens is 2. The molecule has 2 rings (SSSR count). The first-order valence-corrected chi connectivity index (χ1v) is 7.25. The average molecular weight is 304 g/mol. The van der Waals surface area contributed by atoms with Gasteiger partial charge in [-0.3, -0.25) is 9.69 Å². The lowest BCUT2D eigenvalue weighted by Crippen LogP contribution is -2.27. The molecule has 0 saturated carbocycles. The van der Waals surface area contributed by atoms with E-state index in [1.54, 1.807) is 0 Å². The van der Waals surface area contributed by atoms with Crippen molar-refractivity contribution in [3.63, 3.8) is 0 Å². The highest BCUT2D eigenvalue weighted by atomic mass is 32.3. The Kier molecular flexibility index (Phi) is 3.75. The second-order valence-electron chi connectivity index (χ2n) is 4.42. The van der Waals surface area contributed by atoms with Gasteiger partial charge in [-0.05, 0) is 0 Å². The van der Waals surface area contributed by atoms with Crippen LogP contribution in [0.1, 0.15) is 6.42 Å². The number of nitrogens with zero attached hydrogens (tertiary/aromatic N) is 3. The summed E-state index contributed by atoms with van der Waals surface area (Å²) in [7, 11) is -3.24. The van der Waals surface area contributed by atoms with E-state index in [4.69, 9.17) is 10.5 Å². The molecule has 1 aromatic rings. The normalized spacial score (nSPS) is 19.4. The highest BCUT2D eigenvalue weighted by Gasteiger charge is 2.35. The van der Waals surface area contributed by atoms with E-state index in [-0.39, 0.29) is 36.5 Å². The third-order valence-electron chi connectivity index (χ3n) is 2.80. The fourth-order valence-corrected chi connectivity index (χ4v) is 2.81. The Morgan fingerprint density at radius 1 is 1.55 bits per heavy atom. The van der Waals surface area contributed by atoms with Crippen LogP contribution in [0.2, 0.25) is 0 Å². The van der Waals surface area contributed by atoms with Gasteiger partial charge in [0.05, 0.1) is 12.9 Å². The maximum atomic E-state index is 12.7. The predicted octanol–water partition coefficient (Wildman–Crippen LogP) is -0.280. The Morgan fingerprint density at radius 3 is 2.85 bits per heavy atom. The Morgan fingerprint density at radius 2 is 2.25 bits per heavy atom. The zero-order valence-electron chi connectivity index (χ0n) is 10.6. The highest BCUT2D eigenvalue weighted by Crippen LogP contribution is 2.25. The number of nitrogens with two attached hydrogens (primary N) is 1. The van der Waals surface area contributed by atoms with Crippen LogP contribution in [0.25, 0.3) is 0 Å². The van der Waals surface area contributed by atoms with E-state index in [0.29, 0.717) is 0 Å². The van der Waals surface area contributed by atoms with Gasteiger partial charge in [-0.15, -0.1) is 3.89 Å². The smallest absolute Gasteiger partial charge is 0.302 e. The first-order chi connectivity index (χ1) is 9.28. The standard InChI is InChI=1S/C10H13FN4O4S/c1-19-8-3-7(12)13-10(14-8)15-4-6(2-9(15)16)5-20(11,17)18/h3,6H,2,4-5H2,1H3,(H2,12,13,14). The first-order valence-electron chi connectivity index (χ1n) is 5.70. The van der Waals surface area contributed by atoms with Crippen LogP contribution in [0.3, 0.4) is 0 Å².